The summed E-state index contributed by atoms with van der Waals surface area (Å²) in [5.41, 5.74) is 2.81. The van der Waals surface area contributed by atoms with Gasteiger partial charge in [0.1, 0.15) is 5.82 Å². The van der Waals surface area contributed by atoms with Gasteiger partial charge in [0.2, 0.25) is 0 Å². The van der Waals surface area contributed by atoms with E-state index >= 15 is 0 Å². The van der Waals surface area contributed by atoms with Crippen LogP contribution >= 0.6 is 0 Å². The predicted octanol–water partition coefficient (Wildman–Crippen LogP) is 3.29. The van der Waals surface area contributed by atoms with Crippen molar-refractivity contribution in [3.8, 4) is 6.07 Å². The van der Waals surface area contributed by atoms with E-state index in [-0.39, 0.29) is 22.4 Å². The number of halogens is 1. The quantitative estimate of drug-likeness (QED) is 0.589. The number of hydrogen-bond acceptors (Lipinski definition) is 4. The normalized spacial score (nSPS) is 11.9. The molecule has 0 atom stereocenters. The van der Waals surface area contributed by atoms with Crippen LogP contribution in [0.15, 0.2) is 41.6 Å². The van der Waals surface area contributed by atoms with E-state index in [0.717, 1.165) is 22.5 Å². The third-order valence-electron chi connectivity index (χ3n) is 4.58. The molecule has 2 heterocycles. The standard InChI is InChI=1S/C19H15FN4O2S/c1-11-5-18(27(2,25)26)14(13-3-4-22-19(11)13)9-24-10-15-16(20)6-12(8-21)7-17(15)23-24/h3-7,10,22H,9H2,1-2H3. The first kappa shape index (κ1) is 17.2. The van der Waals surface area contributed by atoms with E-state index in [1.165, 1.54) is 23.2 Å². The Balaban J connectivity index is 1.93. The van der Waals surface area contributed by atoms with Crippen LogP contribution < -0.4 is 0 Å². The van der Waals surface area contributed by atoms with E-state index in [4.69, 9.17) is 5.26 Å². The van der Waals surface area contributed by atoms with Crippen molar-refractivity contribution in [1.82, 2.24) is 14.8 Å². The minimum Gasteiger partial charge on any atom is -0.361 e. The van der Waals surface area contributed by atoms with E-state index in [1.807, 2.05) is 19.1 Å². The topological polar surface area (TPSA) is 91.5 Å². The monoisotopic (exact) mass is 382 g/mol. The molecule has 2 aromatic carbocycles. The number of aromatic nitrogens is 3. The van der Waals surface area contributed by atoms with Gasteiger partial charge in [0, 0.05) is 35.1 Å². The largest absolute Gasteiger partial charge is 0.361 e. The molecule has 6 nitrogen and oxygen atoms in total. The minimum atomic E-state index is -3.47. The van der Waals surface area contributed by atoms with Crippen LogP contribution in [0.4, 0.5) is 4.39 Å². The molecule has 0 aliphatic carbocycles. The van der Waals surface area contributed by atoms with E-state index in [2.05, 4.69) is 10.1 Å². The average Bonchev–Trinajstić information content (AvgIpc) is 3.23. The molecule has 4 rings (SSSR count). The highest BCUT2D eigenvalue weighted by Gasteiger charge is 2.20. The Kier molecular flexibility index (Phi) is 3.78. The Morgan fingerprint density at radius 2 is 2.07 bits per heavy atom. The van der Waals surface area contributed by atoms with E-state index in [1.54, 1.807) is 12.3 Å². The van der Waals surface area contributed by atoms with Gasteiger partial charge in [0.15, 0.2) is 9.84 Å². The summed E-state index contributed by atoms with van der Waals surface area (Å²) in [5.74, 6) is -0.533. The molecule has 0 aliphatic heterocycles. The van der Waals surface area contributed by atoms with Crippen molar-refractivity contribution in [3.63, 3.8) is 0 Å². The Hall–Kier alpha value is -3.18. The molecule has 0 saturated carbocycles. The van der Waals surface area contributed by atoms with Crippen molar-refractivity contribution in [1.29, 1.82) is 5.26 Å². The molecule has 4 aromatic rings. The molecule has 2 aromatic heterocycles. The molecule has 0 bridgehead atoms. The van der Waals surface area contributed by atoms with E-state index < -0.39 is 15.7 Å². The molecule has 0 spiro atoms. The Morgan fingerprint density at radius 3 is 2.78 bits per heavy atom. The highest BCUT2D eigenvalue weighted by Crippen LogP contribution is 2.29. The Bertz CT molecular complexity index is 1360. The van der Waals surface area contributed by atoms with Gasteiger partial charge < -0.3 is 4.98 Å². The number of rotatable bonds is 3. The first-order chi connectivity index (χ1) is 12.8. The number of nitrogens with one attached hydrogen (secondary N) is 1. The summed E-state index contributed by atoms with van der Waals surface area (Å²) in [5, 5.41) is 14.4. The van der Waals surface area contributed by atoms with E-state index in [9.17, 15) is 12.8 Å². The summed E-state index contributed by atoms with van der Waals surface area (Å²) in [6, 6.07) is 8.03. The highest BCUT2D eigenvalue weighted by atomic mass is 32.2. The lowest BCUT2D eigenvalue weighted by molar-refractivity contribution is 0.598. The molecule has 0 amide bonds. The summed E-state index contributed by atoms with van der Waals surface area (Å²) >= 11 is 0. The molecular formula is C19H15FN4O2S. The third-order valence-corrected chi connectivity index (χ3v) is 5.75. The van der Waals surface area contributed by atoms with Crippen LogP contribution in [0.1, 0.15) is 16.7 Å². The summed E-state index contributed by atoms with van der Waals surface area (Å²) in [7, 11) is -3.47. The van der Waals surface area contributed by atoms with Crippen LogP contribution in [-0.2, 0) is 16.4 Å². The highest BCUT2D eigenvalue weighted by molar-refractivity contribution is 7.90. The van der Waals surface area contributed by atoms with Gasteiger partial charge in [-0.05, 0) is 36.8 Å². The fraction of sp³-hybridized carbons (Fsp3) is 0.158. The minimum absolute atomic E-state index is 0.160. The van der Waals surface area contributed by atoms with Gasteiger partial charge in [-0.25, -0.2) is 12.8 Å². The first-order valence-electron chi connectivity index (χ1n) is 8.14. The summed E-state index contributed by atoms with van der Waals surface area (Å²) in [4.78, 5) is 3.35. The summed E-state index contributed by atoms with van der Waals surface area (Å²) in [6.45, 7) is 2.01. The van der Waals surface area contributed by atoms with Crippen LogP contribution in [-0.4, -0.2) is 29.4 Å². The molecular weight excluding hydrogens is 367 g/mol. The SMILES string of the molecule is Cc1cc(S(C)(=O)=O)c(Cn2cc3c(F)cc(C#N)cc3n2)c2cc[nH]c12. The van der Waals surface area contributed by atoms with Gasteiger partial charge in [0.05, 0.1) is 34.0 Å². The smallest absolute Gasteiger partial charge is 0.175 e. The maximum atomic E-state index is 14.2. The second-order valence-electron chi connectivity index (χ2n) is 6.54. The van der Waals surface area contributed by atoms with Gasteiger partial charge in [-0.1, -0.05) is 0 Å². The lowest BCUT2D eigenvalue weighted by Gasteiger charge is -2.12. The molecule has 136 valence electrons. The Morgan fingerprint density at radius 1 is 1.30 bits per heavy atom. The molecule has 1 N–H and O–H groups in total. The number of hydrogen-bond donors (Lipinski definition) is 1. The second kappa shape index (κ2) is 5.93. The van der Waals surface area contributed by atoms with Gasteiger partial charge in [-0.2, -0.15) is 10.4 Å². The van der Waals surface area contributed by atoms with Crippen molar-refractivity contribution in [2.75, 3.05) is 6.26 Å². The van der Waals surface area contributed by atoms with Gasteiger partial charge >= 0.3 is 0 Å². The second-order valence-corrected chi connectivity index (χ2v) is 8.52. The average molecular weight is 382 g/mol. The zero-order chi connectivity index (χ0) is 19.3. The molecule has 0 saturated heterocycles. The first-order valence-corrected chi connectivity index (χ1v) is 10.0. The lowest BCUT2D eigenvalue weighted by atomic mass is 10.1. The number of benzene rings is 2. The fourth-order valence-electron chi connectivity index (χ4n) is 3.37. The van der Waals surface area contributed by atoms with E-state index in [0.29, 0.717) is 11.1 Å². The van der Waals surface area contributed by atoms with Gasteiger partial charge in [-0.3, -0.25) is 4.68 Å². The fourth-order valence-corrected chi connectivity index (χ4v) is 4.38. The number of H-pyrrole nitrogens is 1. The van der Waals surface area contributed by atoms with Crippen molar-refractivity contribution in [3.05, 3.63) is 59.2 Å². The number of aromatic amines is 1. The Labute approximate surface area is 154 Å². The van der Waals surface area contributed by atoms with Crippen molar-refractivity contribution >= 4 is 31.6 Å². The molecule has 27 heavy (non-hydrogen) atoms. The van der Waals surface area contributed by atoms with Crippen LogP contribution in [0.2, 0.25) is 0 Å². The van der Waals surface area contributed by atoms with Gasteiger partial charge in [0.25, 0.3) is 0 Å². The molecule has 0 radical (unpaired) electrons. The number of aryl methyl sites for hydroxylation is 1. The van der Waals surface area contributed by atoms with Crippen LogP contribution in [0.25, 0.3) is 21.8 Å². The lowest BCUT2D eigenvalue weighted by Crippen LogP contribution is -2.08. The summed E-state index contributed by atoms with van der Waals surface area (Å²) in [6.07, 6.45) is 4.45. The van der Waals surface area contributed by atoms with Crippen molar-refractivity contribution < 1.29 is 12.8 Å². The number of nitrogens with zero attached hydrogens (tertiary/aromatic N) is 3. The molecule has 8 heteroatoms. The molecule has 0 fully saturated rings. The van der Waals surface area contributed by atoms with Crippen LogP contribution in [0.5, 0.6) is 0 Å². The maximum Gasteiger partial charge on any atom is 0.175 e. The number of sulfone groups is 1. The number of fused-ring (bicyclic) bond motifs is 2. The maximum absolute atomic E-state index is 14.2. The van der Waals surface area contributed by atoms with Crippen LogP contribution in [0.3, 0.4) is 0 Å². The molecule has 0 aliphatic rings. The third kappa shape index (κ3) is 2.86. The van der Waals surface area contributed by atoms with Crippen molar-refractivity contribution in [2.24, 2.45) is 0 Å². The zero-order valence-corrected chi connectivity index (χ0v) is 15.4. The number of nitriles is 1. The zero-order valence-electron chi connectivity index (χ0n) is 14.6. The van der Waals surface area contributed by atoms with Crippen LogP contribution in [0, 0.1) is 24.1 Å². The molecule has 0 unspecified atom stereocenters. The van der Waals surface area contributed by atoms with Crippen molar-refractivity contribution in [2.45, 2.75) is 18.4 Å². The van der Waals surface area contributed by atoms with Gasteiger partial charge in [-0.15, -0.1) is 0 Å². The predicted molar refractivity (Wildman–Crippen MR) is 99.7 cm³/mol. The summed E-state index contributed by atoms with van der Waals surface area (Å²) < 4.78 is 40.4.